The number of halogens is 1. The third kappa shape index (κ3) is 6.41. The summed E-state index contributed by atoms with van der Waals surface area (Å²) in [4.78, 5) is 58.8. The molecular weight excluding hydrogens is 555 g/mol. The van der Waals surface area contributed by atoms with Gasteiger partial charge in [0.25, 0.3) is 17.6 Å². The van der Waals surface area contributed by atoms with Gasteiger partial charge in [0.1, 0.15) is 11.6 Å². The molecule has 0 bridgehead atoms. The van der Waals surface area contributed by atoms with Gasteiger partial charge in [0.15, 0.2) is 0 Å². The van der Waals surface area contributed by atoms with Crippen molar-refractivity contribution in [3.63, 3.8) is 0 Å². The van der Waals surface area contributed by atoms with Crippen LogP contribution in [-0.4, -0.2) is 103 Å². The van der Waals surface area contributed by atoms with Crippen LogP contribution in [0.2, 0.25) is 0 Å². The highest BCUT2D eigenvalue weighted by Gasteiger charge is 2.32. The number of piperidine rings is 1. The maximum Gasteiger partial charge on any atom is 0.418 e. The molecule has 228 valence electrons. The number of rotatable bonds is 7. The van der Waals surface area contributed by atoms with Gasteiger partial charge >= 0.3 is 6.09 Å². The van der Waals surface area contributed by atoms with Crippen LogP contribution in [0, 0.1) is 11.7 Å². The van der Waals surface area contributed by atoms with Crippen molar-refractivity contribution in [1.82, 2.24) is 19.3 Å². The van der Waals surface area contributed by atoms with Gasteiger partial charge in [0.05, 0.1) is 30.4 Å². The number of likely N-dealkylation sites (tertiary alicyclic amines) is 1. The van der Waals surface area contributed by atoms with E-state index in [1.807, 2.05) is 7.05 Å². The molecule has 0 N–H and O–H groups in total. The van der Waals surface area contributed by atoms with E-state index in [4.69, 9.17) is 9.47 Å². The Morgan fingerprint density at radius 3 is 2.21 bits per heavy atom. The van der Waals surface area contributed by atoms with E-state index < -0.39 is 17.8 Å². The van der Waals surface area contributed by atoms with Gasteiger partial charge in [-0.1, -0.05) is 12.1 Å². The molecule has 2 aliphatic rings. The molecule has 0 saturated carbocycles. The summed E-state index contributed by atoms with van der Waals surface area (Å²) in [5.74, 6) is -1.31. The average molecular weight is 593 g/mol. The minimum absolute atomic E-state index is 0.0293. The zero-order valence-corrected chi connectivity index (χ0v) is 24.8. The van der Waals surface area contributed by atoms with Gasteiger partial charge in [-0.05, 0) is 62.9 Å². The number of methoxy groups -OCH3 is 1. The van der Waals surface area contributed by atoms with E-state index in [1.54, 1.807) is 30.0 Å². The molecule has 3 heterocycles. The number of amides is 2. The summed E-state index contributed by atoms with van der Waals surface area (Å²) < 4.78 is 25.3. The smallest absolute Gasteiger partial charge is 0.418 e. The highest BCUT2D eigenvalue weighted by Crippen LogP contribution is 2.33. The number of fused-ring (bicyclic) bond motifs is 1. The number of Topliss-reactive ketones (excluding diaryl/α,β-unsaturated/α-hetero) is 1. The van der Waals surface area contributed by atoms with Gasteiger partial charge in [-0.2, -0.15) is 0 Å². The summed E-state index contributed by atoms with van der Waals surface area (Å²) in [5.41, 5.74) is 1.64. The molecule has 5 rings (SSSR count). The molecule has 2 aliphatic heterocycles. The molecule has 2 saturated heterocycles. The van der Waals surface area contributed by atoms with Gasteiger partial charge in [-0.25, -0.2) is 9.18 Å². The SMILES string of the molecule is CCOC(=O)n1cc(C(=O)C(=O)N2CCN(C)CC2)c2cc(C(=O)N3CCC(Cc4ccc(F)cc4)CC3)c(OC)cc21. The lowest BCUT2D eigenvalue weighted by Gasteiger charge is -2.32. The Kier molecular flexibility index (Phi) is 9.10. The van der Waals surface area contributed by atoms with E-state index in [0.29, 0.717) is 56.1 Å². The van der Waals surface area contributed by atoms with Crippen LogP contribution in [0.25, 0.3) is 10.9 Å². The average Bonchev–Trinajstić information content (AvgIpc) is 3.40. The number of ether oxygens (including phenoxy) is 2. The van der Waals surface area contributed by atoms with Crippen molar-refractivity contribution >= 4 is 34.6 Å². The Bertz CT molecular complexity index is 1520. The maximum atomic E-state index is 13.8. The molecule has 0 radical (unpaired) electrons. The fourth-order valence-electron chi connectivity index (χ4n) is 5.85. The molecular formula is C32H37FN4O6. The number of hydrogen-bond donors (Lipinski definition) is 0. The van der Waals surface area contributed by atoms with E-state index in [1.165, 1.54) is 41.0 Å². The minimum Gasteiger partial charge on any atom is -0.496 e. The lowest BCUT2D eigenvalue weighted by molar-refractivity contribution is -0.127. The Labute approximate surface area is 249 Å². The number of likely N-dealkylation sites (N-methyl/N-ethyl adjacent to an activating group) is 1. The first-order chi connectivity index (χ1) is 20.7. The van der Waals surface area contributed by atoms with E-state index in [2.05, 4.69) is 4.90 Å². The fourth-order valence-corrected chi connectivity index (χ4v) is 5.85. The Balaban J connectivity index is 1.42. The molecule has 0 unspecified atom stereocenters. The first kappa shape index (κ1) is 30.2. The Morgan fingerprint density at radius 1 is 0.907 bits per heavy atom. The van der Waals surface area contributed by atoms with Crippen molar-refractivity contribution < 1.29 is 33.0 Å². The zero-order valence-electron chi connectivity index (χ0n) is 24.8. The van der Waals surface area contributed by atoms with Crippen LogP contribution in [-0.2, 0) is 16.0 Å². The summed E-state index contributed by atoms with van der Waals surface area (Å²) in [5, 5.41) is 0.302. The van der Waals surface area contributed by atoms with E-state index in [-0.39, 0.29) is 35.2 Å². The maximum absolute atomic E-state index is 13.8. The van der Waals surface area contributed by atoms with E-state index in [9.17, 15) is 23.6 Å². The number of aromatic nitrogens is 1. The summed E-state index contributed by atoms with van der Waals surface area (Å²) >= 11 is 0. The molecule has 2 aromatic carbocycles. The number of nitrogens with zero attached hydrogens (tertiary/aromatic N) is 4. The molecule has 3 aromatic rings. The quantitative estimate of drug-likeness (QED) is 0.304. The number of carbonyl (C=O) groups is 4. The second-order valence-corrected chi connectivity index (χ2v) is 11.2. The highest BCUT2D eigenvalue weighted by molar-refractivity contribution is 6.45. The van der Waals surface area contributed by atoms with Crippen molar-refractivity contribution in [3.8, 4) is 5.75 Å². The second kappa shape index (κ2) is 12.9. The van der Waals surface area contributed by atoms with Crippen molar-refractivity contribution in [2.24, 2.45) is 5.92 Å². The van der Waals surface area contributed by atoms with Crippen molar-refractivity contribution in [2.75, 3.05) is 60.0 Å². The normalized spacial score (nSPS) is 16.4. The standard InChI is InChI=1S/C32H37FN4O6/c1-4-43-32(41)37-20-26(29(38)31(40)36-15-13-34(2)14-16-36)24-18-25(28(42-3)19-27(24)37)30(39)35-11-9-22(10-12-35)17-21-5-7-23(33)8-6-21/h5-8,18-20,22H,4,9-17H2,1-3H3. The highest BCUT2D eigenvalue weighted by atomic mass is 19.1. The summed E-state index contributed by atoms with van der Waals surface area (Å²) in [6, 6.07) is 9.59. The first-order valence-electron chi connectivity index (χ1n) is 14.7. The van der Waals surface area contributed by atoms with Gasteiger partial charge < -0.3 is 24.2 Å². The number of carbonyl (C=O) groups excluding carboxylic acids is 4. The summed E-state index contributed by atoms with van der Waals surface area (Å²) in [7, 11) is 3.39. The molecule has 10 nitrogen and oxygen atoms in total. The third-order valence-corrected chi connectivity index (χ3v) is 8.39. The van der Waals surface area contributed by atoms with Crippen molar-refractivity contribution in [3.05, 3.63) is 65.1 Å². The Hall–Kier alpha value is -4.25. The second-order valence-electron chi connectivity index (χ2n) is 11.2. The molecule has 2 amide bonds. The van der Waals surface area contributed by atoms with Gasteiger partial charge in [0, 0.05) is 56.9 Å². The van der Waals surface area contributed by atoms with Crippen molar-refractivity contribution in [2.45, 2.75) is 26.2 Å². The molecule has 43 heavy (non-hydrogen) atoms. The summed E-state index contributed by atoms with van der Waals surface area (Å²) in [6.07, 6.45) is 2.99. The van der Waals surface area contributed by atoms with Gasteiger partial charge in [-0.3, -0.25) is 19.0 Å². The molecule has 0 aliphatic carbocycles. The molecule has 0 spiro atoms. The molecule has 11 heteroatoms. The molecule has 0 atom stereocenters. The monoisotopic (exact) mass is 592 g/mol. The van der Waals surface area contributed by atoms with Crippen LogP contribution in [0.4, 0.5) is 9.18 Å². The molecule has 2 fully saturated rings. The summed E-state index contributed by atoms with van der Waals surface area (Å²) in [6.45, 7) is 5.00. The van der Waals surface area contributed by atoms with E-state index in [0.717, 1.165) is 24.8 Å². The topological polar surface area (TPSA) is 101 Å². The minimum atomic E-state index is -0.747. The van der Waals surface area contributed by atoms with Crippen LogP contribution >= 0.6 is 0 Å². The third-order valence-electron chi connectivity index (χ3n) is 8.39. The van der Waals surface area contributed by atoms with Crippen LogP contribution in [0.3, 0.4) is 0 Å². The number of benzene rings is 2. The predicted molar refractivity (Wildman–Crippen MR) is 158 cm³/mol. The largest absolute Gasteiger partial charge is 0.496 e. The van der Waals surface area contributed by atoms with Crippen LogP contribution in [0.1, 0.15) is 46.0 Å². The lowest BCUT2D eigenvalue weighted by atomic mass is 9.90. The first-order valence-corrected chi connectivity index (χ1v) is 14.7. The van der Waals surface area contributed by atoms with Crippen LogP contribution in [0.5, 0.6) is 5.75 Å². The molecule has 1 aromatic heterocycles. The fraction of sp³-hybridized carbons (Fsp3) is 0.438. The zero-order chi connectivity index (χ0) is 30.7. The number of ketones is 1. The predicted octanol–water partition coefficient (Wildman–Crippen LogP) is 3.85. The van der Waals surface area contributed by atoms with Gasteiger partial charge in [0.2, 0.25) is 0 Å². The van der Waals surface area contributed by atoms with Gasteiger partial charge in [-0.15, -0.1) is 0 Å². The Morgan fingerprint density at radius 2 is 1.58 bits per heavy atom. The lowest BCUT2D eigenvalue weighted by Crippen LogP contribution is -2.49. The number of piperazine rings is 1. The van der Waals surface area contributed by atoms with E-state index >= 15 is 0 Å². The van der Waals surface area contributed by atoms with Crippen LogP contribution < -0.4 is 4.74 Å². The van der Waals surface area contributed by atoms with Crippen molar-refractivity contribution in [1.29, 1.82) is 0 Å². The van der Waals surface area contributed by atoms with Crippen LogP contribution in [0.15, 0.2) is 42.6 Å². The number of hydrogen-bond acceptors (Lipinski definition) is 7.